The van der Waals surface area contributed by atoms with Gasteiger partial charge in [0.15, 0.2) is 17.0 Å². The number of fused-ring (bicyclic) bond motifs is 1. The van der Waals surface area contributed by atoms with E-state index >= 15 is 0 Å². The molecular formula is C12H16ClN5O3. The summed E-state index contributed by atoms with van der Waals surface area (Å²) in [7, 11) is 0. The molecule has 1 fully saturated rings. The van der Waals surface area contributed by atoms with Crippen molar-refractivity contribution >= 4 is 28.7 Å². The summed E-state index contributed by atoms with van der Waals surface area (Å²) in [6.07, 6.45) is -0.322. The normalized spacial score (nSPS) is 32.9. The van der Waals surface area contributed by atoms with Crippen molar-refractivity contribution in [2.45, 2.75) is 44.3 Å². The number of anilines is 1. The first kappa shape index (κ1) is 14.5. The number of nitrogen functional groups attached to an aromatic ring is 1. The van der Waals surface area contributed by atoms with Gasteiger partial charge in [-0.15, -0.1) is 0 Å². The Labute approximate surface area is 125 Å². The van der Waals surface area contributed by atoms with Gasteiger partial charge in [0.25, 0.3) is 0 Å². The summed E-state index contributed by atoms with van der Waals surface area (Å²) in [5.41, 5.74) is 4.82. The quantitative estimate of drug-likeness (QED) is 0.690. The molecule has 0 amide bonds. The maximum atomic E-state index is 10.6. The molecule has 1 unspecified atom stereocenters. The van der Waals surface area contributed by atoms with Crippen LogP contribution in [-0.4, -0.2) is 47.5 Å². The second-order valence-corrected chi connectivity index (χ2v) is 5.66. The van der Waals surface area contributed by atoms with Gasteiger partial charge in [-0.05, 0) is 13.3 Å². The van der Waals surface area contributed by atoms with Gasteiger partial charge in [0, 0.05) is 0 Å². The third-order valence-corrected chi connectivity index (χ3v) is 4.07. The number of ether oxygens (including phenoxy) is 1. The molecule has 114 valence electrons. The van der Waals surface area contributed by atoms with Gasteiger partial charge in [0.1, 0.15) is 17.2 Å². The Morgan fingerprint density at radius 1 is 1.52 bits per heavy atom. The van der Waals surface area contributed by atoms with Crippen LogP contribution in [-0.2, 0) is 4.74 Å². The molecule has 0 bridgehead atoms. The molecule has 21 heavy (non-hydrogen) atoms. The number of aliphatic hydroxyl groups excluding tert-OH is 1. The molecule has 0 saturated carbocycles. The van der Waals surface area contributed by atoms with Crippen LogP contribution in [0.15, 0.2) is 6.33 Å². The van der Waals surface area contributed by atoms with Crippen LogP contribution in [0.2, 0.25) is 5.15 Å². The van der Waals surface area contributed by atoms with Gasteiger partial charge >= 0.3 is 0 Å². The second kappa shape index (κ2) is 4.77. The van der Waals surface area contributed by atoms with Gasteiger partial charge in [-0.2, -0.15) is 9.97 Å². The number of nitrogens with two attached hydrogens (primary N) is 1. The number of aliphatic hydroxyl groups is 2. The second-order valence-electron chi connectivity index (χ2n) is 5.30. The van der Waals surface area contributed by atoms with E-state index in [1.807, 2.05) is 6.92 Å². The zero-order valence-electron chi connectivity index (χ0n) is 11.6. The fourth-order valence-corrected chi connectivity index (χ4v) is 2.86. The van der Waals surface area contributed by atoms with Crippen molar-refractivity contribution in [2.75, 3.05) is 5.73 Å². The lowest BCUT2D eigenvalue weighted by Crippen LogP contribution is -2.43. The highest BCUT2D eigenvalue weighted by Crippen LogP contribution is 2.40. The molecule has 3 heterocycles. The predicted molar refractivity (Wildman–Crippen MR) is 75.6 cm³/mol. The number of hydrogen-bond acceptors (Lipinski definition) is 7. The molecule has 0 aliphatic carbocycles. The molecule has 3 rings (SSSR count). The van der Waals surface area contributed by atoms with E-state index in [9.17, 15) is 10.2 Å². The largest absolute Gasteiger partial charge is 0.387 e. The zero-order chi connectivity index (χ0) is 15.4. The van der Waals surface area contributed by atoms with Gasteiger partial charge in [-0.3, -0.25) is 4.57 Å². The van der Waals surface area contributed by atoms with E-state index in [0.717, 1.165) is 0 Å². The smallest absolute Gasteiger partial charge is 0.223 e. The standard InChI is InChI=1S/C12H16ClN5O3/c1-3-5-7(19)12(2,20)10(21-5)18-4-15-6-8(13)16-11(14)17-9(6)18/h4-5,7,10,19-20H,3H2,1-2H3,(H2,14,16,17)/t5-,7+,10-,12?/m1/s1. The minimum atomic E-state index is -1.49. The van der Waals surface area contributed by atoms with E-state index < -0.39 is 24.0 Å². The maximum absolute atomic E-state index is 10.6. The highest BCUT2D eigenvalue weighted by atomic mass is 35.5. The molecule has 2 aromatic rings. The monoisotopic (exact) mass is 313 g/mol. The first-order chi connectivity index (χ1) is 9.86. The fourth-order valence-electron chi connectivity index (χ4n) is 2.64. The summed E-state index contributed by atoms with van der Waals surface area (Å²) in [4.78, 5) is 12.0. The minimum Gasteiger partial charge on any atom is -0.387 e. The first-order valence-electron chi connectivity index (χ1n) is 6.57. The van der Waals surface area contributed by atoms with E-state index in [2.05, 4.69) is 15.0 Å². The summed E-state index contributed by atoms with van der Waals surface area (Å²) in [6, 6.07) is 0. The first-order valence-corrected chi connectivity index (χ1v) is 6.95. The molecule has 1 aliphatic rings. The maximum Gasteiger partial charge on any atom is 0.223 e. The summed E-state index contributed by atoms with van der Waals surface area (Å²) in [6.45, 7) is 3.38. The lowest BCUT2D eigenvalue weighted by Gasteiger charge is -2.27. The van der Waals surface area contributed by atoms with Crippen LogP contribution in [0.1, 0.15) is 26.5 Å². The third kappa shape index (κ3) is 2.06. The molecule has 1 saturated heterocycles. The topological polar surface area (TPSA) is 119 Å². The fraction of sp³-hybridized carbons (Fsp3) is 0.583. The van der Waals surface area contributed by atoms with E-state index in [-0.39, 0.29) is 11.1 Å². The lowest BCUT2D eigenvalue weighted by molar-refractivity contribution is -0.0940. The van der Waals surface area contributed by atoms with Gasteiger partial charge in [0.2, 0.25) is 5.95 Å². The van der Waals surface area contributed by atoms with Crippen LogP contribution in [0.3, 0.4) is 0 Å². The number of hydrogen-bond donors (Lipinski definition) is 3. The number of nitrogens with zero attached hydrogens (tertiary/aromatic N) is 4. The van der Waals surface area contributed by atoms with Crippen LogP contribution in [0.4, 0.5) is 5.95 Å². The van der Waals surface area contributed by atoms with E-state index in [4.69, 9.17) is 22.1 Å². The highest BCUT2D eigenvalue weighted by molar-refractivity contribution is 6.33. The molecule has 4 atom stereocenters. The van der Waals surface area contributed by atoms with Gasteiger partial charge in [-0.25, -0.2) is 4.98 Å². The number of rotatable bonds is 2. The molecular weight excluding hydrogens is 298 g/mol. The Kier molecular flexibility index (Phi) is 3.28. The Hall–Kier alpha value is -1.48. The van der Waals surface area contributed by atoms with Crippen LogP contribution >= 0.6 is 11.6 Å². The van der Waals surface area contributed by atoms with Gasteiger partial charge in [-0.1, -0.05) is 18.5 Å². The Balaban J connectivity index is 2.13. The molecule has 0 spiro atoms. The minimum absolute atomic E-state index is 0.000482. The number of imidazole rings is 1. The van der Waals surface area contributed by atoms with E-state index in [1.165, 1.54) is 17.8 Å². The van der Waals surface area contributed by atoms with E-state index in [1.54, 1.807) is 0 Å². The summed E-state index contributed by atoms with van der Waals surface area (Å²) < 4.78 is 7.26. The molecule has 9 heteroatoms. The van der Waals surface area contributed by atoms with Crippen LogP contribution < -0.4 is 5.73 Å². The molecule has 1 aliphatic heterocycles. The predicted octanol–water partition coefficient (Wildman–Crippen LogP) is 0.481. The van der Waals surface area contributed by atoms with Crippen molar-refractivity contribution in [3.8, 4) is 0 Å². The Bertz CT molecular complexity index is 689. The van der Waals surface area contributed by atoms with Crippen molar-refractivity contribution in [3.63, 3.8) is 0 Å². The molecule has 4 N–H and O–H groups in total. The van der Waals surface area contributed by atoms with Crippen molar-refractivity contribution in [2.24, 2.45) is 0 Å². The zero-order valence-corrected chi connectivity index (χ0v) is 12.3. The SMILES string of the molecule is CC[C@H]1O[C@@H](n2cnc3c(Cl)nc(N)nc32)C(C)(O)[C@H]1O. The van der Waals surface area contributed by atoms with Crippen LogP contribution in [0.5, 0.6) is 0 Å². The number of halogens is 1. The molecule has 8 nitrogen and oxygen atoms in total. The third-order valence-electron chi connectivity index (χ3n) is 3.81. The van der Waals surface area contributed by atoms with Crippen molar-refractivity contribution in [1.82, 2.24) is 19.5 Å². The van der Waals surface area contributed by atoms with Crippen molar-refractivity contribution in [1.29, 1.82) is 0 Å². The molecule has 2 aromatic heterocycles. The average molecular weight is 314 g/mol. The van der Waals surface area contributed by atoms with Gasteiger partial charge in [0.05, 0.1) is 12.4 Å². The van der Waals surface area contributed by atoms with Crippen LogP contribution in [0, 0.1) is 0 Å². The van der Waals surface area contributed by atoms with Gasteiger partial charge < -0.3 is 20.7 Å². The van der Waals surface area contributed by atoms with Crippen LogP contribution in [0.25, 0.3) is 11.2 Å². The highest BCUT2D eigenvalue weighted by Gasteiger charge is 2.52. The summed E-state index contributed by atoms with van der Waals surface area (Å²) >= 11 is 5.98. The van der Waals surface area contributed by atoms with Crippen molar-refractivity contribution < 1.29 is 14.9 Å². The Morgan fingerprint density at radius 2 is 2.24 bits per heavy atom. The summed E-state index contributed by atoms with van der Waals surface area (Å²) in [5.74, 6) is -0.000482. The lowest BCUT2D eigenvalue weighted by atomic mass is 9.95. The Morgan fingerprint density at radius 3 is 2.86 bits per heavy atom. The summed E-state index contributed by atoms with van der Waals surface area (Å²) in [5, 5.41) is 20.9. The van der Waals surface area contributed by atoms with Crippen molar-refractivity contribution in [3.05, 3.63) is 11.5 Å². The molecule has 0 aromatic carbocycles. The van der Waals surface area contributed by atoms with E-state index in [0.29, 0.717) is 17.6 Å². The molecule has 0 radical (unpaired) electrons. The number of aromatic nitrogens is 4. The average Bonchev–Trinajstić information content (AvgIpc) is 2.91.